The molecule has 0 unspecified atom stereocenters. The van der Waals surface area contributed by atoms with Gasteiger partial charge in [0, 0.05) is 30.1 Å². The van der Waals surface area contributed by atoms with Crippen LogP contribution in [0.4, 0.5) is 0 Å². The van der Waals surface area contributed by atoms with Gasteiger partial charge < -0.3 is 4.74 Å². The van der Waals surface area contributed by atoms with E-state index in [0.717, 1.165) is 23.2 Å². The van der Waals surface area contributed by atoms with E-state index in [9.17, 15) is 0 Å². The van der Waals surface area contributed by atoms with Gasteiger partial charge in [0.1, 0.15) is 0 Å². The molecule has 3 aromatic rings. The van der Waals surface area contributed by atoms with Crippen molar-refractivity contribution >= 4 is 5.52 Å². The van der Waals surface area contributed by atoms with Gasteiger partial charge in [0.2, 0.25) is 0 Å². The molecule has 104 valence electrons. The first-order valence-corrected chi connectivity index (χ1v) is 6.66. The van der Waals surface area contributed by atoms with E-state index in [1.54, 1.807) is 7.11 Å². The number of aryl methyl sites for hydroxylation is 2. The first kappa shape index (κ1) is 12.9. The molecule has 0 radical (unpaired) electrons. The van der Waals surface area contributed by atoms with Crippen molar-refractivity contribution in [2.45, 2.75) is 20.4 Å². The highest BCUT2D eigenvalue weighted by Gasteiger charge is 2.10. The van der Waals surface area contributed by atoms with E-state index in [1.165, 1.54) is 11.3 Å². The predicted octanol–water partition coefficient (Wildman–Crippen LogP) is 2.46. The van der Waals surface area contributed by atoms with Crippen molar-refractivity contribution in [3.8, 4) is 11.1 Å². The number of hydrogen-bond donors (Lipinski definition) is 0. The average Bonchev–Trinajstić information content (AvgIpc) is 3.07. The third-order valence-electron chi connectivity index (χ3n) is 3.65. The number of methoxy groups -OCH3 is 1. The van der Waals surface area contributed by atoms with Gasteiger partial charge in [0.25, 0.3) is 0 Å². The Morgan fingerprint density at radius 2 is 2.00 bits per heavy atom. The minimum absolute atomic E-state index is 0.661. The quantitative estimate of drug-likeness (QED) is 0.731. The van der Waals surface area contributed by atoms with Crippen molar-refractivity contribution < 1.29 is 4.74 Å². The van der Waals surface area contributed by atoms with E-state index in [1.807, 2.05) is 27.8 Å². The normalized spacial score (nSPS) is 11.3. The second-order valence-electron chi connectivity index (χ2n) is 4.94. The minimum atomic E-state index is 0.661. The predicted molar refractivity (Wildman–Crippen MR) is 77.8 cm³/mol. The van der Waals surface area contributed by atoms with Crippen LogP contribution >= 0.6 is 0 Å². The number of fused-ring (bicyclic) bond motifs is 1. The molecule has 5 nitrogen and oxygen atoms in total. The van der Waals surface area contributed by atoms with Crippen molar-refractivity contribution in [1.82, 2.24) is 19.4 Å². The second kappa shape index (κ2) is 5.09. The molecule has 0 saturated carbocycles. The Kier molecular flexibility index (Phi) is 3.28. The maximum atomic E-state index is 5.07. The molecule has 20 heavy (non-hydrogen) atoms. The second-order valence-corrected chi connectivity index (χ2v) is 4.94. The molecule has 0 saturated heterocycles. The Bertz CT molecular complexity index is 741. The summed E-state index contributed by atoms with van der Waals surface area (Å²) in [7, 11) is 1.70. The van der Waals surface area contributed by atoms with Crippen LogP contribution in [0.1, 0.15) is 11.3 Å². The number of ether oxygens (including phenoxy) is 1. The van der Waals surface area contributed by atoms with Gasteiger partial charge in [-0.05, 0) is 25.5 Å². The molecule has 0 amide bonds. The molecule has 3 aromatic heterocycles. The summed E-state index contributed by atoms with van der Waals surface area (Å²) >= 11 is 0. The number of aromatic nitrogens is 4. The first-order valence-electron chi connectivity index (χ1n) is 6.66. The fraction of sp³-hybridized carbons (Fsp3) is 0.333. The topological polar surface area (TPSA) is 44.4 Å². The zero-order chi connectivity index (χ0) is 14.1. The summed E-state index contributed by atoms with van der Waals surface area (Å²) in [6.07, 6.45) is 5.81. The molecule has 0 atom stereocenters. The molecule has 0 aromatic carbocycles. The van der Waals surface area contributed by atoms with E-state index in [4.69, 9.17) is 4.74 Å². The Balaban J connectivity index is 2.02. The monoisotopic (exact) mass is 270 g/mol. The minimum Gasteiger partial charge on any atom is -0.383 e. The molecular weight excluding hydrogens is 252 g/mol. The van der Waals surface area contributed by atoms with Gasteiger partial charge in [-0.25, -0.2) is 4.52 Å². The Hall–Kier alpha value is -2.14. The maximum absolute atomic E-state index is 5.07. The molecule has 3 rings (SSSR count). The average molecular weight is 270 g/mol. The van der Waals surface area contributed by atoms with E-state index < -0.39 is 0 Å². The Morgan fingerprint density at radius 3 is 2.80 bits per heavy atom. The van der Waals surface area contributed by atoms with E-state index >= 15 is 0 Å². The van der Waals surface area contributed by atoms with Crippen LogP contribution < -0.4 is 0 Å². The largest absolute Gasteiger partial charge is 0.383 e. The van der Waals surface area contributed by atoms with E-state index in [-0.39, 0.29) is 0 Å². The van der Waals surface area contributed by atoms with Crippen LogP contribution in [-0.4, -0.2) is 33.1 Å². The number of hydrogen-bond acceptors (Lipinski definition) is 3. The van der Waals surface area contributed by atoms with Gasteiger partial charge in [-0.2, -0.15) is 10.2 Å². The van der Waals surface area contributed by atoms with Gasteiger partial charge in [-0.15, -0.1) is 0 Å². The maximum Gasteiger partial charge on any atom is 0.0744 e. The van der Waals surface area contributed by atoms with Gasteiger partial charge in [0.05, 0.1) is 31.1 Å². The van der Waals surface area contributed by atoms with Gasteiger partial charge in [-0.3, -0.25) is 4.68 Å². The zero-order valence-electron chi connectivity index (χ0n) is 12.0. The fourth-order valence-corrected chi connectivity index (χ4v) is 2.31. The zero-order valence-corrected chi connectivity index (χ0v) is 12.0. The van der Waals surface area contributed by atoms with E-state index in [0.29, 0.717) is 6.61 Å². The number of pyridine rings is 1. The summed E-state index contributed by atoms with van der Waals surface area (Å²) in [5, 5.41) is 8.84. The van der Waals surface area contributed by atoms with Gasteiger partial charge in [-0.1, -0.05) is 6.07 Å². The van der Waals surface area contributed by atoms with Crippen LogP contribution in [0, 0.1) is 13.8 Å². The third-order valence-corrected chi connectivity index (χ3v) is 3.65. The van der Waals surface area contributed by atoms with Crippen LogP contribution in [0.5, 0.6) is 0 Å². The third kappa shape index (κ3) is 2.10. The van der Waals surface area contributed by atoms with Crippen molar-refractivity contribution in [2.75, 3.05) is 13.7 Å². The van der Waals surface area contributed by atoms with Crippen molar-refractivity contribution in [2.24, 2.45) is 0 Å². The molecule has 5 heteroatoms. The summed E-state index contributed by atoms with van der Waals surface area (Å²) in [6, 6.07) is 4.24. The summed E-state index contributed by atoms with van der Waals surface area (Å²) in [6.45, 7) is 5.60. The molecule has 0 N–H and O–H groups in total. The number of rotatable bonds is 4. The summed E-state index contributed by atoms with van der Waals surface area (Å²) in [5.74, 6) is 0. The smallest absolute Gasteiger partial charge is 0.0744 e. The lowest BCUT2D eigenvalue weighted by Crippen LogP contribution is -2.03. The van der Waals surface area contributed by atoms with Gasteiger partial charge >= 0.3 is 0 Å². The molecule has 0 spiro atoms. The first-order chi connectivity index (χ1) is 9.70. The lowest BCUT2D eigenvalue weighted by molar-refractivity contribution is 0.183. The van der Waals surface area contributed by atoms with Crippen molar-refractivity contribution in [1.29, 1.82) is 0 Å². The highest BCUT2D eigenvalue weighted by Crippen LogP contribution is 2.25. The molecule has 0 aliphatic carbocycles. The molecule has 0 fully saturated rings. The van der Waals surface area contributed by atoms with Crippen LogP contribution in [0.2, 0.25) is 0 Å². The van der Waals surface area contributed by atoms with Gasteiger partial charge in [0.15, 0.2) is 0 Å². The van der Waals surface area contributed by atoms with Crippen LogP contribution in [-0.2, 0) is 11.3 Å². The SMILES string of the molecule is COCCn1cc(-c2cnn3c(C)c(C)ccc23)cn1. The molecule has 0 aliphatic heterocycles. The Morgan fingerprint density at radius 1 is 1.15 bits per heavy atom. The van der Waals surface area contributed by atoms with Crippen LogP contribution in [0.25, 0.3) is 16.6 Å². The molecule has 0 aliphatic rings. The highest BCUT2D eigenvalue weighted by molar-refractivity contribution is 5.79. The Labute approximate surface area is 117 Å². The summed E-state index contributed by atoms with van der Waals surface area (Å²) in [4.78, 5) is 0. The molecule has 0 bridgehead atoms. The lowest BCUT2D eigenvalue weighted by Gasteiger charge is -2.03. The molecular formula is C15H18N4O. The van der Waals surface area contributed by atoms with Crippen molar-refractivity contribution in [3.63, 3.8) is 0 Å². The standard InChI is InChI=1S/C15H18N4O/c1-11-4-5-15-14(9-17-19(15)12(11)2)13-8-16-18(10-13)6-7-20-3/h4-5,8-10H,6-7H2,1-3H3. The van der Waals surface area contributed by atoms with Crippen LogP contribution in [0.15, 0.2) is 30.7 Å². The number of nitrogens with zero attached hydrogens (tertiary/aromatic N) is 4. The summed E-state index contributed by atoms with van der Waals surface area (Å²) in [5.41, 5.74) is 5.71. The highest BCUT2D eigenvalue weighted by atomic mass is 16.5. The van der Waals surface area contributed by atoms with E-state index in [2.05, 4.69) is 36.2 Å². The fourth-order valence-electron chi connectivity index (χ4n) is 2.31. The molecule has 3 heterocycles. The summed E-state index contributed by atoms with van der Waals surface area (Å²) < 4.78 is 8.94. The van der Waals surface area contributed by atoms with Crippen molar-refractivity contribution in [3.05, 3.63) is 42.0 Å². The van der Waals surface area contributed by atoms with Crippen LogP contribution in [0.3, 0.4) is 0 Å². The lowest BCUT2D eigenvalue weighted by atomic mass is 10.1.